The fourth-order valence-electron chi connectivity index (χ4n) is 2.86. The molecule has 0 radical (unpaired) electrons. The van der Waals surface area contributed by atoms with Crippen LogP contribution in [0.1, 0.15) is 35.9 Å². The third-order valence-electron chi connectivity index (χ3n) is 3.97. The zero-order chi connectivity index (χ0) is 16.9. The molecule has 23 heavy (non-hydrogen) atoms. The summed E-state index contributed by atoms with van der Waals surface area (Å²) in [4.78, 5) is 31.6. The fourth-order valence-corrected chi connectivity index (χ4v) is 2.86. The second kappa shape index (κ2) is 5.19. The molecule has 0 aliphatic heterocycles. The molecular formula is C16H17FN4O2. The van der Waals surface area contributed by atoms with E-state index >= 15 is 0 Å². The third kappa shape index (κ3) is 2.11. The molecular weight excluding hydrogens is 299 g/mol. The van der Waals surface area contributed by atoms with E-state index in [1.54, 1.807) is 11.6 Å². The predicted octanol–water partition coefficient (Wildman–Crippen LogP) is 2.04. The van der Waals surface area contributed by atoms with Gasteiger partial charge in [-0.05, 0) is 6.07 Å². The first-order valence-electron chi connectivity index (χ1n) is 7.29. The van der Waals surface area contributed by atoms with Crippen LogP contribution in [0.25, 0.3) is 21.9 Å². The van der Waals surface area contributed by atoms with Crippen molar-refractivity contribution >= 4 is 27.8 Å². The zero-order valence-electron chi connectivity index (χ0n) is 13.3. The number of carbonyl (C=O) groups is 1. The number of amides is 1. The molecule has 0 fully saturated rings. The van der Waals surface area contributed by atoms with Gasteiger partial charge in [-0.25, -0.2) is 9.37 Å². The summed E-state index contributed by atoms with van der Waals surface area (Å²) in [5.41, 5.74) is 0.590. The van der Waals surface area contributed by atoms with Gasteiger partial charge >= 0.3 is 0 Å². The van der Waals surface area contributed by atoms with Gasteiger partial charge in [-0.15, -0.1) is 0 Å². The first kappa shape index (κ1) is 15.2. The molecule has 0 aliphatic rings. The van der Waals surface area contributed by atoms with Crippen molar-refractivity contribution in [2.45, 2.75) is 19.8 Å². The van der Waals surface area contributed by atoms with E-state index in [1.165, 1.54) is 13.2 Å². The number of aromatic amines is 1. The maximum atomic E-state index is 14.5. The van der Waals surface area contributed by atoms with Crippen molar-refractivity contribution in [1.82, 2.24) is 19.9 Å². The molecule has 3 aromatic rings. The molecule has 0 saturated heterocycles. The van der Waals surface area contributed by atoms with E-state index in [-0.39, 0.29) is 16.9 Å². The van der Waals surface area contributed by atoms with Gasteiger partial charge < -0.3 is 14.9 Å². The van der Waals surface area contributed by atoms with Crippen molar-refractivity contribution in [3.63, 3.8) is 0 Å². The first-order valence-corrected chi connectivity index (χ1v) is 7.29. The van der Waals surface area contributed by atoms with Crippen molar-refractivity contribution in [3.8, 4) is 0 Å². The number of aryl methyl sites for hydroxylation is 1. The molecule has 2 heterocycles. The van der Waals surface area contributed by atoms with Crippen molar-refractivity contribution < 1.29 is 9.18 Å². The van der Waals surface area contributed by atoms with E-state index in [1.807, 2.05) is 13.8 Å². The number of benzene rings is 1. The monoisotopic (exact) mass is 316 g/mol. The summed E-state index contributed by atoms with van der Waals surface area (Å²) in [5.74, 6) is -0.215. The second-order valence-electron chi connectivity index (χ2n) is 5.77. The molecule has 7 heteroatoms. The van der Waals surface area contributed by atoms with Crippen molar-refractivity contribution in [3.05, 3.63) is 39.7 Å². The number of pyridine rings is 1. The summed E-state index contributed by atoms with van der Waals surface area (Å²) in [7, 11) is 3.18. The zero-order valence-corrected chi connectivity index (χ0v) is 13.3. The summed E-state index contributed by atoms with van der Waals surface area (Å²) >= 11 is 0. The third-order valence-corrected chi connectivity index (χ3v) is 3.97. The molecule has 3 rings (SSSR count). The number of carbonyl (C=O) groups excluding carboxylic acids is 1. The Hall–Kier alpha value is -2.70. The van der Waals surface area contributed by atoms with Crippen LogP contribution in [-0.4, -0.2) is 27.5 Å². The molecule has 1 amide bonds. The van der Waals surface area contributed by atoms with Crippen LogP contribution in [0.4, 0.5) is 4.39 Å². The number of nitrogens with one attached hydrogen (secondary N) is 2. The number of fused-ring (bicyclic) bond motifs is 3. The average Bonchev–Trinajstić information content (AvgIpc) is 2.86. The Labute approximate surface area is 131 Å². The summed E-state index contributed by atoms with van der Waals surface area (Å²) in [5, 5.41) is 2.51. The van der Waals surface area contributed by atoms with Crippen molar-refractivity contribution in [2.24, 2.45) is 7.05 Å². The lowest BCUT2D eigenvalue weighted by molar-refractivity contribution is 0.0962. The molecule has 2 N–H and O–H groups in total. The topological polar surface area (TPSA) is 79.8 Å². The van der Waals surface area contributed by atoms with Crippen molar-refractivity contribution in [1.29, 1.82) is 0 Å². The minimum Gasteiger partial charge on any atom is -0.358 e. The quantitative estimate of drug-likeness (QED) is 0.759. The molecule has 0 aliphatic carbocycles. The van der Waals surface area contributed by atoms with Gasteiger partial charge in [-0.3, -0.25) is 9.59 Å². The molecule has 0 bridgehead atoms. The highest BCUT2D eigenvalue weighted by atomic mass is 19.1. The van der Waals surface area contributed by atoms with Crippen LogP contribution in [0, 0.1) is 5.82 Å². The molecule has 6 nitrogen and oxygen atoms in total. The number of halogens is 1. The molecule has 120 valence electrons. The van der Waals surface area contributed by atoms with Crippen LogP contribution in [0.3, 0.4) is 0 Å². The normalized spacial score (nSPS) is 11.6. The van der Waals surface area contributed by atoms with E-state index in [0.29, 0.717) is 16.6 Å². The molecule has 1 aromatic carbocycles. The molecule has 2 aromatic heterocycles. The summed E-state index contributed by atoms with van der Waals surface area (Å²) in [6.45, 7) is 3.93. The van der Waals surface area contributed by atoms with Crippen LogP contribution in [0.5, 0.6) is 0 Å². The van der Waals surface area contributed by atoms with Crippen LogP contribution < -0.4 is 10.7 Å². The number of aromatic nitrogens is 3. The lowest BCUT2D eigenvalue weighted by Gasteiger charge is -2.06. The highest BCUT2D eigenvalue weighted by Gasteiger charge is 2.20. The molecule has 0 saturated carbocycles. The number of nitrogens with zero attached hydrogens (tertiary/aromatic N) is 2. The first-order chi connectivity index (χ1) is 10.9. The van der Waals surface area contributed by atoms with E-state index in [2.05, 4.69) is 15.3 Å². The number of imidazole rings is 1. The van der Waals surface area contributed by atoms with Crippen LogP contribution in [0.2, 0.25) is 0 Å². The Bertz CT molecular complexity index is 1000. The lowest BCUT2D eigenvalue weighted by Crippen LogP contribution is -2.25. The molecule has 0 spiro atoms. The molecule has 0 atom stereocenters. The maximum absolute atomic E-state index is 14.5. The smallest absolute Gasteiger partial charge is 0.256 e. The van der Waals surface area contributed by atoms with E-state index in [4.69, 9.17) is 0 Å². The summed E-state index contributed by atoms with van der Waals surface area (Å²) < 4.78 is 16.2. The summed E-state index contributed by atoms with van der Waals surface area (Å²) in [6.07, 6.45) is 1.34. The van der Waals surface area contributed by atoms with Crippen LogP contribution in [0.15, 0.2) is 17.1 Å². The van der Waals surface area contributed by atoms with Gasteiger partial charge in [-0.1, -0.05) is 13.8 Å². The average molecular weight is 316 g/mol. The minimum absolute atomic E-state index is 0.0567. The minimum atomic E-state index is -0.533. The fraction of sp³-hybridized carbons (Fsp3) is 0.312. The SMILES string of the molecule is CNC(=O)c1c[nH]c2c(cc(F)c3c2nc(C(C)C)n3C)c1=O. The second-order valence-corrected chi connectivity index (χ2v) is 5.77. The van der Waals surface area contributed by atoms with Crippen LogP contribution in [-0.2, 0) is 7.05 Å². The van der Waals surface area contributed by atoms with Gasteiger partial charge in [0.15, 0.2) is 0 Å². The number of rotatable bonds is 2. The van der Waals surface area contributed by atoms with E-state index in [9.17, 15) is 14.0 Å². The van der Waals surface area contributed by atoms with Gasteiger partial charge in [0.05, 0.1) is 10.9 Å². The van der Waals surface area contributed by atoms with Gasteiger partial charge in [-0.2, -0.15) is 0 Å². The number of hydrogen-bond acceptors (Lipinski definition) is 3. The maximum Gasteiger partial charge on any atom is 0.256 e. The Morgan fingerprint density at radius 3 is 2.74 bits per heavy atom. The largest absolute Gasteiger partial charge is 0.358 e. The number of hydrogen-bond donors (Lipinski definition) is 2. The summed E-state index contributed by atoms with van der Waals surface area (Å²) in [6, 6.07) is 1.16. The highest BCUT2D eigenvalue weighted by Crippen LogP contribution is 2.27. The Morgan fingerprint density at radius 1 is 1.43 bits per heavy atom. The number of H-pyrrole nitrogens is 1. The van der Waals surface area contributed by atoms with Gasteiger partial charge in [0, 0.05) is 26.2 Å². The van der Waals surface area contributed by atoms with E-state index < -0.39 is 17.2 Å². The van der Waals surface area contributed by atoms with Gasteiger partial charge in [0.2, 0.25) is 5.43 Å². The van der Waals surface area contributed by atoms with Gasteiger partial charge in [0.1, 0.15) is 28.2 Å². The standard InChI is InChI=1S/C16H17FN4O2/c1-7(2)15-20-12-11-8(5-10(17)13(12)21(15)4)14(22)9(6-19-11)16(23)18-3/h5-7H,1-4H3,(H,18,23)(H,19,22). The van der Waals surface area contributed by atoms with Crippen LogP contribution >= 0.6 is 0 Å². The van der Waals surface area contributed by atoms with E-state index in [0.717, 1.165) is 11.9 Å². The highest BCUT2D eigenvalue weighted by molar-refractivity contribution is 6.05. The Kier molecular flexibility index (Phi) is 3.43. The lowest BCUT2D eigenvalue weighted by atomic mass is 10.1. The van der Waals surface area contributed by atoms with Gasteiger partial charge in [0.25, 0.3) is 5.91 Å². The Morgan fingerprint density at radius 2 is 2.13 bits per heavy atom. The molecule has 0 unspecified atom stereocenters. The predicted molar refractivity (Wildman–Crippen MR) is 86.3 cm³/mol. The van der Waals surface area contributed by atoms with Crippen molar-refractivity contribution in [2.75, 3.05) is 7.05 Å². The Balaban J connectivity index is 2.46.